The van der Waals surface area contributed by atoms with E-state index in [4.69, 9.17) is 4.42 Å². The molecule has 1 aliphatic heterocycles. The lowest BCUT2D eigenvalue weighted by atomic mass is 9.88. The third-order valence-corrected chi connectivity index (χ3v) is 7.45. The molecule has 1 aliphatic carbocycles. The van der Waals surface area contributed by atoms with Gasteiger partial charge in [-0.1, -0.05) is 26.8 Å². The summed E-state index contributed by atoms with van der Waals surface area (Å²) < 4.78 is 6.37. The summed E-state index contributed by atoms with van der Waals surface area (Å²) in [6.45, 7) is 13.3. The van der Waals surface area contributed by atoms with Crippen LogP contribution in [0, 0.1) is 19.3 Å². The maximum absolute atomic E-state index is 13.0. The van der Waals surface area contributed by atoms with Crippen LogP contribution in [-0.4, -0.2) is 37.1 Å². The molecule has 1 heterocycles. The summed E-state index contributed by atoms with van der Waals surface area (Å²) in [5.41, 5.74) is 5.89. The van der Waals surface area contributed by atoms with Gasteiger partial charge in [-0.05, 0) is 73.6 Å². The van der Waals surface area contributed by atoms with Crippen molar-refractivity contribution in [1.29, 1.82) is 0 Å². The number of anilines is 1. The van der Waals surface area contributed by atoms with E-state index in [2.05, 4.69) is 36.4 Å². The molecule has 1 amide bonds. The highest BCUT2D eigenvalue weighted by Gasteiger charge is 2.24. The van der Waals surface area contributed by atoms with Crippen molar-refractivity contribution in [2.75, 3.05) is 25.5 Å². The summed E-state index contributed by atoms with van der Waals surface area (Å²) in [4.78, 5) is 30.2. The fourth-order valence-corrected chi connectivity index (χ4v) is 4.72. The Morgan fingerprint density at radius 1 is 1.00 bits per heavy atom. The van der Waals surface area contributed by atoms with Crippen molar-refractivity contribution in [2.45, 2.75) is 48.0 Å². The lowest BCUT2D eigenvalue weighted by Crippen LogP contribution is -2.33. The first-order chi connectivity index (χ1) is 18.5. The zero-order chi connectivity index (χ0) is 28.5. The first kappa shape index (κ1) is 27.9. The maximum atomic E-state index is 13.0. The minimum atomic E-state index is -1.10. The molecule has 0 radical (unpaired) electrons. The number of hydrogen-bond donors (Lipinski definition) is 3. The van der Waals surface area contributed by atoms with Crippen LogP contribution in [0.4, 0.5) is 5.69 Å². The minimum Gasteiger partial charge on any atom is -0.478 e. The number of carboxylic acids is 1. The summed E-state index contributed by atoms with van der Waals surface area (Å²) in [6, 6.07) is 12.8. The second kappa shape index (κ2) is 10.9. The molecular weight excluding hydrogens is 490 g/mol. The summed E-state index contributed by atoms with van der Waals surface area (Å²) in [5, 5.41) is 18.1. The molecule has 0 atom stereocenters. The van der Waals surface area contributed by atoms with Crippen molar-refractivity contribution in [3.8, 4) is 22.5 Å². The Bertz CT molecular complexity index is 1610. The fraction of sp³-hybridized carbons (Fsp3) is 0.344. The molecule has 0 bridgehead atoms. The summed E-state index contributed by atoms with van der Waals surface area (Å²) in [6.07, 6.45) is 0.910. The van der Waals surface area contributed by atoms with Crippen LogP contribution >= 0.6 is 0 Å². The van der Waals surface area contributed by atoms with Gasteiger partial charge < -0.3 is 20.2 Å². The van der Waals surface area contributed by atoms with Crippen LogP contribution in [0.3, 0.4) is 0 Å². The number of carbonyl (C=O) groups is 2. The Kier molecular flexibility index (Phi) is 7.82. The van der Waals surface area contributed by atoms with Crippen molar-refractivity contribution >= 4 is 28.5 Å². The van der Waals surface area contributed by atoms with Gasteiger partial charge in [-0.25, -0.2) is 4.79 Å². The molecule has 2 aromatic carbocycles. The van der Waals surface area contributed by atoms with Crippen LogP contribution in [0.25, 0.3) is 33.4 Å². The number of carboxylic acid groups (broad SMARTS) is 1. The van der Waals surface area contributed by atoms with Gasteiger partial charge in [0, 0.05) is 60.0 Å². The van der Waals surface area contributed by atoms with E-state index >= 15 is 0 Å². The van der Waals surface area contributed by atoms with Crippen molar-refractivity contribution in [3.05, 3.63) is 70.1 Å². The second-order valence-electron chi connectivity index (χ2n) is 10.8. The molecule has 3 N–H and O–H groups in total. The molecule has 0 spiro atoms. The van der Waals surface area contributed by atoms with E-state index in [0.29, 0.717) is 35.6 Å². The monoisotopic (exact) mass is 527 g/mol. The second-order valence-corrected chi connectivity index (χ2v) is 10.8. The van der Waals surface area contributed by atoms with E-state index in [0.717, 1.165) is 45.1 Å². The highest BCUT2D eigenvalue weighted by atomic mass is 16.4. The van der Waals surface area contributed by atoms with E-state index in [9.17, 15) is 14.7 Å². The number of nitrogens with one attached hydrogen (secondary N) is 2. The lowest BCUT2D eigenvalue weighted by Gasteiger charge is -2.23. The highest BCUT2D eigenvalue weighted by molar-refractivity contribution is 6.09. The van der Waals surface area contributed by atoms with Gasteiger partial charge in [-0.2, -0.15) is 0 Å². The average molecular weight is 528 g/mol. The van der Waals surface area contributed by atoms with E-state index in [1.165, 1.54) is 6.07 Å². The third-order valence-electron chi connectivity index (χ3n) is 7.45. The van der Waals surface area contributed by atoms with Crippen LogP contribution in [0.1, 0.15) is 66.0 Å². The molecule has 0 fully saturated rings. The number of amides is 1. The standard InChI is InChI=1S/C32H37N3O4/c1-8-32(5,6)17-35-30(36)20-10-11-21(22(14-20)31(37)38)29-23-12-18(3)25(33-7)15-27(23)39-28-16-26(34-9-2)19(4)13-24(28)29/h10-16,33H,8-9,17H2,1-7H3,(H,35,36)(H,37,38)/b34-26-. The first-order valence-corrected chi connectivity index (χ1v) is 13.4. The Hall–Kier alpha value is -4.13. The summed E-state index contributed by atoms with van der Waals surface area (Å²) in [5.74, 6) is -0.783. The van der Waals surface area contributed by atoms with Crippen molar-refractivity contribution in [2.24, 2.45) is 10.4 Å². The Labute approximate surface area is 229 Å². The summed E-state index contributed by atoms with van der Waals surface area (Å²) in [7, 11) is 1.85. The van der Waals surface area contributed by atoms with Gasteiger partial charge in [0.1, 0.15) is 11.3 Å². The van der Waals surface area contributed by atoms with Gasteiger partial charge in [-0.15, -0.1) is 0 Å². The minimum absolute atomic E-state index is 0.0541. The lowest BCUT2D eigenvalue weighted by molar-refractivity contribution is 0.0697. The summed E-state index contributed by atoms with van der Waals surface area (Å²) >= 11 is 0. The predicted molar refractivity (Wildman–Crippen MR) is 157 cm³/mol. The number of aryl methyl sites for hydroxylation is 2. The number of aromatic carboxylic acids is 1. The molecule has 0 unspecified atom stereocenters. The van der Waals surface area contributed by atoms with Crippen LogP contribution < -0.4 is 16.0 Å². The molecule has 2 aliphatic rings. The average Bonchev–Trinajstić information content (AvgIpc) is 2.91. The molecule has 4 rings (SSSR count). The fourth-order valence-electron chi connectivity index (χ4n) is 4.72. The van der Waals surface area contributed by atoms with Crippen LogP contribution in [0.5, 0.6) is 0 Å². The molecule has 204 valence electrons. The van der Waals surface area contributed by atoms with Gasteiger partial charge >= 0.3 is 5.97 Å². The molecule has 7 nitrogen and oxygen atoms in total. The van der Waals surface area contributed by atoms with Gasteiger partial charge in [0.25, 0.3) is 5.91 Å². The van der Waals surface area contributed by atoms with E-state index < -0.39 is 5.97 Å². The SMILES string of the molecule is CC/N=c1/cc2oc3cc(NC)c(C)cc3c(-c3ccc(C(=O)NCC(C)(C)CC)cc3C(=O)O)c-2cc1C. The normalized spacial score (nSPS) is 12.2. The van der Waals surface area contributed by atoms with Gasteiger partial charge in [0.15, 0.2) is 0 Å². The number of fused-ring (bicyclic) bond motifs is 2. The smallest absolute Gasteiger partial charge is 0.336 e. The molecule has 7 heteroatoms. The number of hydrogen-bond acceptors (Lipinski definition) is 5. The maximum Gasteiger partial charge on any atom is 0.336 e. The van der Waals surface area contributed by atoms with Gasteiger partial charge in [0.2, 0.25) is 0 Å². The number of rotatable bonds is 8. The Morgan fingerprint density at radius 3 is 2.38 bits per heavy atom. The zero-order valence-electron chi connectivity index (χ0n) is 23.8. The van der Waals surface area contributed by atoms with E-state index in [1.54, 1.807) is 12.1 Å². The van der Waals surface area contributed by atoms with Crippen molar-refractivity contribution in [1.82, 2.24) is 5.32 Å². The van der Waals surface area contributed by atoms with Crippen molar-refractivity contribution in [3.63, 3.8) is 0 Å². The highest BCUT2D eigenvalue weighted by Crippen LogP contribution is 2.43. The third kappa shape index (κ3) is 5.53. The quantitative estimate of drug-likeness (QED) is 0.223. The van der Waals surface area contributed by atoms with E-state index in [-0.39, 0.29) is 16.9 Å². The molecular formula is C32H37N3O4. The van der Waals surface area contributed by atoms with Crippen LogP contribution in [0.2, 0.25) is 0 Å². The topological polar surface area (TPSA) is 104 Å². The van der Waals surface area contributed by atoms with Gasteiger partial charge in [-0.3, -0.25) is 9.79 Å². The largest absolute Gasteiger partial charge is 0.478 e. The predicted octanol–water partition coefficient (Wildman–Crippen LogP) is 6.65. The molecule has 39 heavy (non-hydrogen) atoms. The number of benzene rings is 3. The Balaban J connectivity index is 2.00. The Morgan fingerprint density at radius 2 is 1.74 bits per heavy atom. The zero-order valence-corrected chi connectivity index (χ0v) is 23.8. The molecule has 0 saturated carbocycles. The van der Waals surface area contributed by atoms with Crippen molar-refractivity contribution < 1.29 is 19.1 Å². The molecule has 0 aromatic heterocycles. The molecule has 2 aromatic rings. The number of nitrogens with zero attached hydrogens (tertiary/aromatic N) is 1. The van der Waals surface area contributed by atoms with E-state index in [1.807, 2.05) is 52.1 Å². The molecule has 0 saturated heterocycles. The van der Waals surface area contributed by atoms with Gasteiger partial charge in [0.05, 0.1) is 10.9 Å². The van der Waals surface area contributed by atoms with Crippen LogP contribution in [-0.2, 0) is 0 Å². The number of carbonyl (C=O) groups excluding carboxylic acids is 1. The first-order valence-electron chi connectivity index (χ1n) is 13.4. The van der Waals surface area contributed by atoms with Crippen LogP contribution in [0.15, 0.2) is 51.9 Å².